The van der Waals surface area contributed by atoms with Crippen molar-refractivity contribution in [3.63, 3.8) is 0 Å². The van der Waals surface area contributed by atoms with Crippen LogP contribution in [-0.2, 0) is 9.53 Å². The van der Waals surface area contributed by atoms with Gasteiger partial charge in [0.1, 0.15) is 0 Å². The van der Waals surface area contributed by atoms with E-state index < -0.39 is 17.5 Å². The van der Waals surface area contributed by atoms with Crippen molar-refractivity contribution in [3.05, 3.63) is 48.0 Å². The molecule has 0 N–H and O–H groups in total. The van der Waals surface area contributed by atoms with Crippen molar-refractivity contribution in [2.75, 3.05) is 0 Å². The Morgan fingerprint density at radius 3 is 2.00 bits per heavy atom. The predicted molar refractivity (Wildman–Crippen MR) is 46.2 cm³/mol. The van der Waals surface area contributed by atoms with Gasteiger partial charge in [-0.05, 0) is 18.2 Å². The van der Waals surface area contributed by atoms with Crippen molar-refractivity contribution in [2.24, 2.45) is 0 Å². The molecular weight excluding hydrogens is 209 g/mol. The van der Waals surface area contributed by atoms with Crippen LogP contribution in [-0.4, -0.2) is 5.97 Å². The van der Waals surface area contributed by atoms with Gasteiger partial charge >= 0.3 is 5.97 Å². The van der Waals surface area contributed by atoms with E-state index in [-0.39, 0.29) is 5.97 Å². The molecule has 0 saturated carbocycles. The number of rotatable bonds is 0. The summed E-state index contributed by atoms with van der Waals surface area (Å²) in [5.41, 5.74) is 0. The molecule has 0 amide bonds. The lowest BCUT2D eigenvalue weighted by atomic mass is 10.3. The lowest BCUT2D eigenvalue weighted by Crippen LogP contribution is -1.87. The van der Waals surface area contributed by atoms with E-state index in [1.54, 1.807) is 6.08 Å². The van der Waals surface area contributed by atoms with Gasteiger partial charge in [-0.25, -0.2) is 13.2 Å². The summed E-state index contributed by atoms with van der Waals surface area (Å²) in [6, 6.07) is 2.82. The first kappa shape index (κ1) is 11.3. The first-order chi connectivity index (χ1) is 7.11. The Labute approximate surface area is 84.0 Å². The number of esters is 1. The molecule has 0 spiro atoms. The molecule has 0 saturated heterocycles. The molecule has 0 bridgehead atoms. The second kappa shape index (κ2) is 5.19. The summed E-state index contributed by atoms with van der Waals surface area (Å²) in [4.78, 5) is 9.96. The van der Waals surface area contributed by atoms with E-state index in [4.69, 9.17) is 0 Å². The highest BCUT2D eigenvalue weighted by molar-refractivity contribution is 5.73. The maximum atomic E-state index is 12.0. The number of carbonyl (C=O) groups excluding carboxylic acids is 1. The first-order valence-corrected chi connectivity index (χ1v) is 4.05. The van der Waals surface area contributed by atoms with E-state index >= 15 is 0 Å². The van der Waals surface area contributed by atoms with Crippen LogP contribution in [0.15, 0.2) is 30.5 Å². The number of halogens is 3. The standard InChI is InChI=1S/C6H3F3.C4H4O2/c7-4-2-1-3-5(8)6(4)9;5-4-2-1-3-6-4/h1-3H;1,3H,2H2. The predicted octanol–water partition coefficient (Wildman–Crippen LogP) is 2.55. The minimum absolute atomic E-state index is 0.157. The number of ether oxygens (including phenoxy) is 1. The van der Waals surface area contributed by atoms with E-state index in [1.807, 2.05) is 0 Å². The summed E-state index contributed by atoms with van der Waals surface area (Å²) < 4.78 is 40.2. The fourth-order valence-electron chi connectivity index (χ4n) is 0.794. The number of hydrogen-bond acceptors (Lipinski definition) is 2. The smallest absolute Gasteiger partial charge is 0.314 e. The van der Waals surface area contributed by atoms with Crippen molar-refractivity contribution >= 4 is 5.97 Å². The van der Waals surface area contributed by atoms with Crippen molar-refractivity contribution in [1.82, 2.24) is 0 Å². The molecule has 1 aromatic carbocycles. The van der Waals surface area contributed by atoms with Crippen LogP contribution >= 0.6 is 0 Å². The van der Waals surface area contributed by atoms with Gasteiger partial charge in [0.25, 0.3) is 0 Å². The lowest BCUT2D eigenvalue weighted by molar-refractivity contribution is -0.135. The Kier molecular flexibility index (Phi) is 3.91. The number of hydrogen-bond donors (Lipinski definition) is 0. The monoisotopic (exact) mass is 216 g/mol. The molecule has 0 atom stereocenters. The van der Waals surface area contributed by atoms with Crippen molar-refractivity contribution in [2.45, 2.75) is 6.42 Å². The Morgan fingerprint density at radius 1 is 1.13 bits per heavy atom. The number of cyclic esters (lactones) is 1. The van der Waals surface area contributed by atoms with Gasteiger partial charge in [0.15, 0.2) is 17.5 Å². The zero-order chi connectivity index (χ0) is 11.3. The molecule has 2 nitrogen and oxygen atoms in total. The summed E-state index contributed by atoms with van der Waals surface area (Å²) >= 11 is 0. The molecule has 2 rings (SSSR count). The highest BCUT2D eigenvalue weighted by atomic mass is 19.2. The van der Waals surface area contributed by atoms with Gasteiger partial charge in [-0.1, -0.05) is 6.07 Å². The third kappa shape index (κ3) is 3.46. The van der Waals surface area contributed by atoms with Crippen molar-refractivity contribution < 1.29 is 22.7 Å². The molecule has 1 aromatic rings. The average Bonchev–Trinajstić information content (AvgIpc) is 2.66. The Bertz CT molecular complexity index is 358. The SMILES string of the molecule is Fc1cccc(F)c1F.O=C1CC=CO1. The fraction of sp³-hybridized carbons (Fsp3) is 0.100. The lowest BCUT2D eigenvalue weighted by Gasteiger charge is -1.90. The Hall–Kier alpha value is -1.78. The zero-order valence-electron chi connectivity index (χ0n) is 7.54. The summed E-state index contributed by atoms with van der Waals surface area (Å²) in [5, 5.41) is 0. The van der Waals surface area contributed by atoms with Gasteiger partial charge in [0, 0.05) is 0 Å². The minimum Gasteiger partial charge on any atom is -0.435 e. The molecule has 5 heteroatoms. The Balaban J connectivity index is 0.000000162. The van der Waals surface area contributed by atoms with Crippen LogP contribution in [0.5, 0.6) is 0 Å². The topological polar surface area (TPSA) is 26.3 Å². The molecule has 0 unspecified atom stereocenters. The van der Waals surface area contributed by atoms with Gasteiger partial charge in [-0.3, -0.25) is 4.79 Å². The van der Waals surface area contributed by atoms with E-state index in [9.17, 15) is 18.0 Å². The van der Waals surface area contributed by atoms with Crippen LogP contribution in [0.1, 0.15) is 6.42 Å². The highest BCUT2D eigenvalue weighted by Crippen LogP contribution is 2.07. The van der Waals surface area contributed by atoms with Gasteiger partial charge in [0.05, 0.1) is 12.7 Å². The van der Waals surface area contributed by atoms with E-state index in [1.165, 1.54) is 6.26 Å². The molecule has 0 aromatic heterocycles. The highest BCUT2D eigenvalue weighted by Gasteiger charge is 2.04. The van der Waals surface area contributed by atoms with Crippen LogP contribution in [0.25, 0.3) is 0 Å². The number of benzene rings is 1. The summed E-state index contributed by atoms with van der Waals surface area (Å²) in [5.74, 6) is -3.89. The molecule has 0 aliphatic carbocycles. The maximum Gasteiger partial charge on any atom is 0.314 e. The zero-order valence-corrected chi connectivity index (χ0v) is 7.54. The van der Waals surface area contributed by atoms with Crippen LogP contribution < -0.4 is 0 Å². The Morgan fingerprint density at radius 2 is 1.73 bits per heavy atom. The molecule has 0 radical (unpaired) electrons. The molecule has 0 fully saturated rings. The third-order valence-corrected chi connectivity index (χ3v) is 1.48. The van der Waals surface area contributed by atoms with E-state index in [0.717, 1.165) is 18.2 Å². The largest absolute Gasteiger partial charge is 0.435 e. The second-order valence-corrected chi connectivity index (χ2v) is 2.60. The third-order valence-electron chi connectivity index (χ3n) is 1.48. The van der Waals surface area contributed by atoms with Gasteiger partial charge in [-0.2, -0.15) is 0 Å². The van der Waals surface area contributed by atoms with Crippen LogP contribution in [0, 0.1) is 17.5 Å². The van der Waals surface area contributed by atoms with Gasteiger partial charge in [-0.15, -0.1) is 0 Å². The van der Waals surface area contributed by atoms with Gasteiger partial charge in [0.2, 0.25) is 0 Å². The molecule has 1 aliphatic heterocycles. The maximum absolute atomic E-state index is 12.0. The van der Waals surface area contributed by atoms with Crippen LogP contribution in [0.4, 0.5) is 13.2 Å². The molecular formula is C10H7F3O2. The van der Waals surface area contributed by atoms with Gasteiger partial charge < -0.3 is 4.74 Å². The number of carbonyl (C=O) groups is 1. The quantitative estimate of drug-likeness (QED) is 0.492. The minimum atomic E-state index is -1.42. The van der Waals surface area contributed by atoms with E-state index in [2.05, 4.69) is 4.74 Å². The van der Waals surface area contributed by atoms with Crippen molar-refractivity contribution in [3.8, 4) is 0 Å². The molecule has 1 heterocycles. The van der Waals surface area contributed by atoms with E-state index in [0.29, 0.717) is 6.42 Å². The average molecular weight is 216 g/mol. The molecule has 1 aliphatic rings. The van der Waals surface area contributed by atoms with Crippen LogP contribution in [0.3, 0.4) is 0 Å². The summed E-state index contributed by atoms with van der Waals surface area (Å²) in [6.07, 6.45) is 3.53. The molecule has 15 heavy (non-hydrogen) atoms. The fourth-order valence-corrected chi connectivity index (χ4v) is 0.794. The summed E-state index contributed by atoms with van der Waals surface area (Å²) in [6.45, 7) is 0. The normalized spacial score (nSPS) is 13.1. The second-order valence-electron chi connectivity index (χ2n) is 2.60. The summed E-state index contributed by atoms with van der Waals surface area (Å²) in [7, 11) is 0. The van der Waals surface area contributed by atoms with Crippen LogP contribution in [0.2, 0.25) is 0 Å². The molecule has 80 valence electrons. The van der Waals surface area contributed by atoms with Crippen molar-refractivity contribution in [1.29, 1.82) is 0 Å². The first-order valence-electron chi connectivity index (χ1n) is 4.05.